The molecule has 0 radical (unpaired) electrons. The average Bonchev–Trinajstić information content (AvgIpc) is 2.50. The molecule has 1 saturated heterocycles. The van der Waals surface area contributed by atoms with Crippen LogP contribution in [0.15, 0.2) is 12.1 Å². The summed E-state index contributed by atoms with van der Waals surface area (Å²) in [7, 11) is 1.26. The van der Waals surface area contributed by atoms with Gasteiger partial charge in [0.05, 0.1) is 13.5 Å². The van der Waals surface area contributed by atoms with Gasteiger partial charge in [-0.2, -0.15) is 0 Å². The minimum absolute atomic E-state index is 0.0342. The number of nitrogens with zero attached hydrogens (tertiary/aromatic N) is 1. The van der Waals surface area contributed by atoms with Crippen molar-refractivity contribution in [3.8, 4) is 0 Å². The van der Waals surface area contributed by atoms with E-state index in [2.05, 4.69) is 16.9 Å². The summed E-state index contributed by atoms with van der Waals surface area (Å²) in [5.41, 5.74) is 3.05. The molecule has 1 aliphatic rings. The molecule has 1 aromatic rings. The molecule has 5 nitrogen and oxygen atoms in total. The Morgan fingerprint density at radius 1 is 1.17 bits per heavy atom. The van der Waals surface area contributed by atoms with Crippen LogP contribution in [0.1, 0.15) is 35.1 Å². The number of aliphatic hydroxyl groups is 1. The smallest absolute Gasteiger partial charge is 0.337 e. The van der Waals surface area contributed by atoms with Gasteiger partial charge in [-0.15, -0.1) is 0 Å². The van der Waals surface area contributed by atoms with Crippen LogP contribution in [-0.4, -0.2) is 47.7 Å². The highest BCUT2D eigenvalue weighted by atomic mass is 16.5. The summed E-state index contributed by atoms with van der Waals surface area (Å²) in [4.78, 5) is 25.9. The van der Waals surface area contributed by atoms with E-state index in [0.29, 0.717) is 19.5 Å². The zero-order valence-corrected chi connectivity index (χ0v) is 14.3. The molecule has 0 saturated carbocycles. The fraction of sp³-hybridized carbons (Fsp3) is 0.556. The molecule has 1 aliphatic heterocycles. The van der Waals surface area contributed by atoms with Crippen molar-refractivity contribution >= 4 is 11.9 Å². The van der Waals surface area contributed by atoms with Crippen LogP contribution in [-0.2, 0) is 20.7 Å². The number of amides is 1. The predicted molar refractivity (Wildman–Crippen MR) is 87.1 cm³/mol. The molecule has 126 valence electrons. The van der Waals surface area contributed by atoms with E-state index in [1.807, 2.05) is 20.8 Å². The third kappa shape index (κ3) is 3.72. The number of carbonyl (C=O) groups is 2. The van der Waals surface area contributed by atoms with Crippen LogP contribution in [0.3, 0.4) is 0 Å². The number of aryl methyl sites for hydroxylation is 3. The number of piperidine rings is 1. The van der Waals surface area contributed by atoms with Gasteiger partial charge in [0.2, 0.25) is 5.91 Å². The molecule has 1 heterocycles. The van der Waals surface area contributed by atoms with Crippen molar-refractivity contribution < 1.29 is 19.4 Å². The van der Waals surface area contributed by atoms with E-state index in [1.165, 1.54) is 12.7 Å². The normalized spacial score (nSPS) is 17.0. The van der Waals surface area contributed by atoms with Gasteiger partial charge in [-0.05, 0) is 37.5 Å². The van der Waals surface area contributed by atoms with Gasteiger partial charge in [0, 0.05) is 25.9 Å². The molecule has 1 N–H and O–H groups in total. The molecule has 0 aromatic heterocycles. The monoisotopic (exact) mass is 319 g/mol. The standard InChI is InChI=1S/C18H25NO4/c1-12-9-13(2)15(14(3)10-12)11-16(20)19-7-5-18(22,6-8-19)17(21)23-4/h9-10,22H,5-8,11H2,1-4H3. The Morgan fingerprint density at radius 3 is 2.17 bits per heavy atom. The summed E-state index contributed by atoms with van der Waals surface area (Å²) >= 11 is 0. The van der Waals surface area contributed by atoms with Gasteiger partial charge < -0.3 is 14.7 Å². The van der Waals surface area contributed by atoms with Gasteiger partial charge in [-0.25, -0.2) is 4.79 Å². The van der Waals surface area contributed by atoms with Gasteiger partial charge in [-0.3, -0.25) is 4.79 Å². The number of benzene rings is 1. The number of hydrogen-bond acceptors (Lipinski definition) is 4. The van der Waals surface area contributed by atoms with Crippen molar-refractivity contribution in [2.45, 2.75) is 45.6 Å². The number of methoxy groups -OCH3 is 1. The Bertz CT molecular complexity index is 592. The van der Waals surface area contributed by atoms with Crippen LogP contribution in [0.25, 0.3) is 0 Å². The summed E-state index contributed by atoms with van der Waals surface area (Å²) in [5, 5.41) is 10.2. The first kappa shape index (κ1) is 17.5. The molecule has 0 atom stereocenters. The van der Waals surface area contributed by atoms with Gasteiger partial charge in [0.25, 0.3) is 0 Å². The van der Waals surface area contributed by atoms with Crippen molar-refractivity contribution in [2.24, 2.45) is 0 Å². The molecular weight excluding hydrogens is 294 g/mol. The molecule has 2 rings (SSSR count). The number of ether oxygens (including phenoxy) is 1. The molecule has 5 heteroatoms. The highest BCUT2D eigenvalue weighted by molar-refractivity contribution is 5.82. The van der Waals surface area contributed by atoms with Crippen molar-refractivity contribution in [2.75, 3.05) is 20.2 Å². The van der Waals surface area contributed by atoms with Crippen LogP contribution in [0.5, 0.6) is 0 Å². The zero-order chi connectivity index (χ0) is 17.2. The maximum Gasteiger partial charge on any atom is 0.337 e. The SMILES string of the molecule is COC(=O)C1(O)CCN(C(=O)Cc2c(C)cc(C)cc2C)CC1. The van der Waals surface area contributed by atoms with Gasteiger partial charge in [-0.1, -0.05) is 17.7 Å². The number of esters is 1. The van der Waals surface area contributed by atoms with Crippen molar-refractivity contribution in [1.29, 1.82) is 0 Å². The average molecular weight is 319 g/mol. The highest BCUT2D eigenvalue weighted by Crippen LogP contribution is 2.25. The summed E-state index contributed by atoms with van der Waals surface area (Å²) in [6, 6.07) is 4.17. The second-order valence-electron chi connectivity index (χ2n) is 6.46. The summed E-state index contributed by atoms with van der Waals surface area (Å²) < 4.78 is 4.63. The Morgan fingerprint density at radius 2 is 1.70 bits per heavy atom. The van der Waals surface area contributed by atoms with Crippen LogP contribution >= 0.6 is 0 Å². The Hall–Kier alpha value is -1.88. The molecule has 1 amide bonds. The van der Waals surface area contributed by atoms with Gasteiger partial charge in [0.15, 0.2) is 5.60 Å². The molecule has 1 aromatic carbocycles. The topological polar surface area (TPSA) is 66.8 Å². The molecule has 0 unspecified atom stereocenters. The fourth-order valence-corrected chi connectivity index (χ4v) is 3.27. The fourth-order valence-electron chi connectivity index (χ4n) is 3.27. The van der Waals surface area contributed by atoms with Crippen molar-refractivity contribution in [3.63, 3.8) is 0 Å². The van der Waals surface area contributed by atoms with E-state index < -0.39 is 11.6 Å². The molecule has 0 spiro atoms. The van der Waals surface area contributed by atoms with E-state index in [-0.39, 0.29) is 18.7 Å². The molecule has 0 aliphatic carbocycles. The summed E-state index contributed by atoms with van der Waals surface area (Å²) in [6.07, 6.45) is 0.795. The quantitative estimate of drug-likeness (QED) is 0.861. The first-order valence-electron chi connectivity index (χ1n) is 7.92. The van der Waals surface area contributed by atoms with Crippen LogP contribution in [0, 0.1) is 20.8 Å². The molecule has 0 bridgehead atoms. The number of hydrogen-bond donors (Lipinski definition) is 1. The van der Waals surface area contributed by atoms with Crippen LogP contribution < -0.4 is 0 Å². The maximum absolute atomic E-state index is 12.5. The van der Waals surface area contributed by atoms with Crippen molar-refractivity contribution in [3.05, 3.63) is 34.4 Å². The summed E-state index contributed by atoms with van der Waals surface area (Å²) in [5.74, 6) is -0.582. The first-order chi connectivity index (χ1) is 10.8. The second kappa shape index (κ2) is 6.71. The lowest BCUT2D eigenvalue weighted by Crippen LogP contribution is -2.51. The summed E-state index contributed by atoms with van der Waals surface area (Å²) in [6.45, 7) is 6.83. The lowest BCUT2D eigenvalue weighted by atomic mass is 9.91. The third-order valence-electron chi connectivity index (χ3n) is 4.68. The Balaban J connectivity index is 2.03. The lowest BCUT2D eigenvalue weighted by molar-refractivity contribution is -0.168. The zero-order valence-electron chi connectivity index (χ0n) is 14.3. The van der Waals surface area contributed by atoms with E-state index in [0.717, 1.165) is 16.7 Å². The maximum atomic E-state index is 12.5. The Labute approximate surface area is 137 Å². The molecule has 23 heavy (non-hydrogen) atoms. The number of carbonyl (C=O) groups excluding carboxylic acids is 2. The Kier molecular flexibility index (Phi) is 5.09. The number of rotatable bonds is 3. The van der Waals surface area contributed by atoms with Crippen molar-refractivity contribution in [1.82, 2.24) is 4.90 Å². The predicted octanol–water partition coefficient (Wildman–Crippen LogP) is 1.68. The highest BCUT2D eigenvalue weighted by Gasteiger charge is 2.41. The second-order valence-corrected chi connectivity index (χ2v) is 6.46. The molecular formula is C18H25NO4. The molecule has 1 fully saturated rings. The van der Waals surface area contributed by atoms with E-state index in [9.17, 15) is 14.7 Å². The van der Waals surface area contributed by atoms with Gasteiger partial charge >= 0.3 is 5.97 Å². The minimum atomic E-state index is -1.46. The third-order valence-corrected chi connectivity index (χ3v) is 4.68. The van der Waals surface area contributed by atoms with E-state index in [4.69, 9.17) is 0 Å². The van der Waals surface area contributed by atoms with Crippen LogP contribution in [0.4, 0.5) is 0 Å². The lowest BCUT2D eigenvalue weighted by Gasteiger charge is -2.36. The van der Waals surface area contributed by atoms with Crippen LogP contribution in [0.2, 0.25) is 0 Å². The van der Waals surface area contributed by atoms with Gasteiger partial charge in [0.1, 0.15) is 0 Å². The first-order valence-corrected chi connectivity index (χ1v) is 7.92. The van der Waals surface area contributed by atoms with E-state index >= 15 is 0 Å². The minimum Gasteiger partial charge on any atom is -0.467 e. The number of likely N-dealkylation sites (tertiary alicyclic amines) is 1. The van der Waals surface area contributed by atoms with E-state index in [1.54, 1.807) is 4.90 Å². The largest absolute Gasteiger partial charge is 0.467 e.